The Bertz CT molecular complexity index is 1580. The van der Waals surface area contributed by atoms with Crippen molar-refractivity contribution >= 4 is 63.3 Å². The van der Waals surface area contributed by atoms with Crippen LogP contribution in [0.15, 0.2) is 56.4 Å². The standard InChI is InChI=1S/C18H18N4O6S4/c1-3-21-13-7-5-11(31(23,24)25)9-15(13)29-17(21)19-20-18-22(4-2)14-8-6-12(32(26,27)28)10-16(14)30-18/h5-10H,3-4H2,1-2H3,(H,23,24,25)(H,26,27,28)/b19-17-,20-18?. The van der Waals surface area contributed by atoms with Crippen LogP contribution in [0.2, 0.25) is 0 Å². The second-order valence-corrected chi connectivity index (χ2v) is 11.5. The molecule has 2 aromatic heterocycles. The molecule has 14 heteroatoms. The van der Waals surface area contributed by atoms with Crippen LogP contribution in [0.25, 0.3) is 20.4 Å². The second kappa shape index (κ2) is 8.20. The summed E-state index contributed by atoms with van der Waals surface area (Å²) in [5.74, 6) is 0. The summed E-state index contributed by atoms with van der Waals surface area (Å²) in [5, 5.41) is 8.74. The fourth-order valence-electron chi connectivity index (χ4n) is 3.28. The Kier molecular flexibility index (Phi) is 5.85. The molecule has 0 saturated heterocycles. The van der Waals surface area contributed by atoms with Gasteiger partial charge in [0.25, 0.3) is 20.2 Å². The summed E-state index contributed by atoms with van der Waals surface area (Å²) in [4.78, 5) is 0.685. The monoisotopic (exact) mass is 514 g/mol. The molecule has 4 rings (SSSR count). The molecule has 2 aromatic carbocycles. The number of benzene rings is 2. The molecule has 0 bridgehead atoms. The summed E-state index contributed by atoms with van der Waals surface area (Å²) in [6.07, 6.45) is 0. The van der Waals surface area contributed by atoms with Crippen molar-refractivity contribution in [3.05, 3.63) is 46.0 Å². The molecule has 0 atom stereocenters. The van der Waals surface area contributed by atoms with Gasteiger partial charge in [-0.3, -0.25) is 9.11 Å². The highest BCUT2D eigenvalue weighted by Crippen LogP contribution is 2.23. The van der Waals surface area contributed by atoms with E-state index in [9.17, 15) is 25.9 Å². The zero-order valence-electron chi connectivity index (χ0n) is 16.8. The van der Waals surface area contributed by atoms with Crippen LogP contribution in [-0.4, -0.2) is 35.1 Å². The van der Waals surface area contributed by atoms with E-state index in [4.69, 9.17) is 0 Å². The van der Waals surface area contributed by atoms with E-state index in [-0.39, 0.29) is 9.79 Å². The Morgan fingerprint density at radius 1 is 0.750 bits per heavy atom. The van der Waals surface area contributed by atoms with Crippen molar-refractivity contribution in [3.8, 4) is 0 Å². The van der Waals surface area contributed by atoms with Crippen LogP contribution in [0, 0.1) is 0 Å². The van der Waals surface area contributed by atoms with Gasteiger partial charge < -0.3 is 9.13 Å². The van der Waals surface area contributed by atoms with Gasteiger partial charge in [-0.15, -0.1) is 10.2 Å². The predicted octanol–water partition coefficient (Wildman–Crippen LogP) is 2.67. The van der Waals surface area contributed by atoms with Crippen LogP contribution >= 0.6 is 22.7 Å². The minimum Gasteiger partial charge on any atom is -0.315 e. The maximum absolute atomic E-state index is 11.4. The van der Waals surface area contributed by atoms with Gasteiger partial charge in [-0.25, -0.2) is 0 Å². The van der Waals surface area contributed by atoms with Gasteiger partial charge in [-0.05, 0) is 50.2 Å². The number of aromatic nitrogens is 2. The van der Waals surface area contributed by atoms with E-state index in [0.29, 0.717) is 32.1 Å². The van der Waals surface area contributed by atoms with Gasteiger partial charge in [0.2, 0.25) is 9.60 Å². The third-order valence-electron chi connectivity index (χ3n) is 4.76. The summed E-state index contributed by atoms with van der Waals surface area (Å²) in [6, 6.07) is 8.68. The normalized spacial score (nSPS) is 14.1. The van der Waals surface area contributed by atoms with Crippen molar-refractivity contribution < 1.29 is 25.9 Å². The maximum Gasteiger partial charge on any atom is 0.294 e. The predicted molar refractivity (Wildman–Crippen MR) is 122 cm³/mol. The van der Waals surface area contributed by atoms with Crippen LogP contribution in [-0.2, 0) is 33.3 Å². The number of fused-ring (bicyclic) bond motifs is 2. The van der Waals surface area contributed by atoms with Crippen molar-refractivity contribution in [2.75, 3.05) is 0 Å². The molecular weight excluding hydrogens is 496 g/mol. The number of hydrogen-bond acceptors (Lipinski definition) is 8. The Hall–Kier alpha value is -2.36. The number of thiazole rings is 2. The van der Waals surface area contributed by atoms with Gasteiger partial charge in [0.05, 0.1) is 30.2 Å². The first-order chi connectivity index (χ1) is 15.0. The Morgan fingerprint density at radius 2 is 1.12 bits per heavy atom. The molecule has 0 unspecified atom stereocenters. The lowest BCUT2D eigenvalue weighted by atomic mass is 10.3. The highest BCUT2D eigenvalue weighted by Gasteiger charge is 2.14. The highest BCUT2D eigenvalue weighted by molar-refractivity contribution is 7.86. The second-order valence-electron chi connectivity index (χ2n) is 6.67. The molecule has 0 aliphatic carbocycles. The lowest BCUT2D eigenvalue weighted by Gasteiger charge is -2.01. The first kappa shape index (κ1) is 22.8. The summed E-state index contributed by atoms with van der Waals surface area (Å²) >= 11 is 2.47. The molecule has 4 aromatic rings. The third kappa shape index (κ3) is 4.16. The molecule has 0 fully saturated rings. The van der Waals surface area contributed by atoms with E-state index in [1.165, 1.54) is 46.9 Å². The highest BCUT2D eigenvalue weighted by atomic mass is 32.2. The topological polar surface area (TPSA) is 143 Å². The zero-order chi connectivity index (χ0) is 23.3. The number of nitrogens with zero attached hydrogens (tertiary/aromatic N) is 4. The van der Waals surface area contributed by atoms with Gasteiger partial charge in [0, 0.05) is 13.1 Å². The van der Waals surface area contributed by atoms with Gasteiger partial charge in [-0.1, -0.05) is 22.7 Å². The SMILES string of the molecule is CCn1c(=N/N=c2\sc3cc(S(=O)(=O)O)ccc3n2CC)sc2cc(S(=O)(=O)O)ccc21. The molecule has 0 radical (unpaired) electrons. The molecule has 2 N–H and O–H groups in total. The first-order valence-electron chi connectivity index (χ1n) is 9.32. The molecule has 2 heterocycles. The number of aryl methyl sites for hydroxylation is 2. The Morgan fingerprint density at radius 3 is 1.44 bits per heavy atom. The smallest absolute Gasteiger partial charge is 0.294 e. The third-order valence-corrected chi connectivity index (χ3v) is 8.52. The van der Waals surface area contributed by atoms with Crippen molar-refractivity contribution in [1.82, 2.24) is 9.13 Å². The van der Waals surface area contributed by atoms with Crippen LogP contribution in [0.4, 0.5) is 0 Å². The Balaban J connectivity index is 1.93. The molecule has 0 aliphatic heterocycles. The Labute approximate surface area is 190 Å². The van der Waals surface area contributed by atoms with Crippen LogP contribution in [0.5, 0.6) is 0 Å². The van der Waals surface area contributed by atoms with Crippen molar-refractivity contribution in [1.29, 1.82) is 0 Å². The molecule has 10 nitrogen and oxygen atoms in total. The summed E-state index contributed by atoms with van der Waals surface area (Å²) in [5.41, 5.74) is 1.52. The molecular formula is C18H18N4O6S4. The van der Waals surface area contributed by atoms with E-state index in [1.54, 1.807) is 12.1 Å². The van der Waals surface area contributed by atoms with Gasteiger partial charge >= 0.3 is 0 Å². The lowest BCUT2D eigenvalue weighted by Crippen LogP contribution is -2.16. The fourth-order valence-corrected chi connectivity index (χ4v) is 6.61. The molecule has 170 valence electrons. The summed E-state index contributed by atoms with van der Waals surface area (Å²) < 4.78 is 69.4. The summed E-state index contributed by atoms with van der Waals surface area (Å²) in [6.45, 7) is 4.98. The number of hydrogen-bond donors (Lipinski definition) is 2. The van der Waals surface area contributed by atoms with Crippen LogP contribution in [0.1, 0.15) is 13.8 Å². The van der Waals surface area contributed by atoms with E-state index in [1.807, 2.05) is 23.0 Å². The average Bonchev–Trinajstić information content (AvgIpc) is 3.26. The minimum atomic E-state index is -4.32. The molecule has 0 saturated carbocycles. The van der Waals surface area contributed by atoms with Crippen molar-refractivity contribution in [3.63, 3.8) is 0 Å². The van der Waals surface area contributed by atoms with E-state index in [2.05, 4.69) is 10.2 Å². The van der Waals surface area contributed by atoms with Crippen LogP contribution in [0.3, 0.4) is 0 Å². The van der Waals surface area contributed by atoms with E-state index < -0.39 is 20.2 Å². The van der Waals surface area contributed by atoms with Gasteiger partial charge in [0.15, 0.2) is 0 Å². The maximum atomic E-state index is 11.4. The van der Waals surface area contributed by atoms with E-state index >= 15 is 0 Å². The minimum absolute atomic E-state index is 0.194. The van der Waals surface area contributed by atoms with Crippen LogP contribution < -0.4 is 9.60 Å². The van der Waals surface area contributed by atoms with Gasteiger partial charge in [0.1, 0.15) is 0 Å². The van der Waals surface area contributed by atoms with Crippen molar-refractivity contribution in [2.24, 2.45) is 10.2 Å². The zero-order valence-corrected chi connectivity index (χ0v) is 20.1. The largest absolute Gasteiger partial charge is 0.315 e. The van der Waals surface area contributed by atoms with E-state index in [0.717, 1.165) is 11.0 Å². The molecule has 0 amide bonds. The van der Waals surface area contributed by atoms with Gasteiger partial charge in [-0.2, -0.15) is 16.8 Å². The quantitative estimate of drug-likeness (QED) is 0.310. The fraction of sp³-hybridized carbons (Fsp3) is 0.222. The first-order valence-corrected chi connectivity index (χ1v) is 13.8. The average molecular weight is 515 g/mol. The molecule has 32 heavy (non-hydrogen) atoms. The lowest BCUT2D eigenvalue weighted by molar-refractivity contribution is 0.481. The number of rotatable bonds is 5. The van der Waals surface area contributed by atoms with Crippen molar-refractivity contribution in [2.45, 2.75) is 36.7 Å². The summed E-state index contributed by atoms with van der Waals surface area (Å²) in [7, 11) is -8.63. The molecule has 0 spiro atoms. The molecule has 0 aliphatic rings.